The fraction of sp³-hybridized carbons (Fsp3) is 1.00. The van der Waals surface area contributed by atoms with Crippen molar-refractivity contribution >= 4 is 0 Å². The van der Waals surface area contributed by atoms with Crippen LogP contribution in [-0.4, -0.2) is 0 Å². The first-order valence-corrected chi connectivity index (χ1v) is 5.77. The number of rotatable bonds is 2. The van der Waals surface area contributed by atoms with Crippen LogP contribution in [0.4, 0.5) is 0 Å². The molecule has 0 heterocycles. The molecular formula is C13H26. The van der Waals surface area contributed by atoms with Crippen LogP contribution in [0.5, 0.6) is 0 Å². The van der Waals surface area contributed by atoms with E-state index in [1.165, 1.54) is 25.7 Å². The van der Waals surface area contributed by atoms with Gasteiger partial charge in [0.2, 0.25) is 0 Å². The van der Waals surface area contributed by atoms with E-state index in [-0.39, 0.29) is 0 Å². The molecule has 0 amide bonds. The maximum absolute atomic E-state index is 2.46. The average Bonchev–Trinajstić information content (AvgIpc) is 1.95. The van der Waals surface area contributed by atoms with Crippen molar-refractivity contribution < 1.29 is 0 Å². The molecule has 0 aromatic carbocycles. The summed E-state index contributed by atoms with van der Waals surface area (Å²) in [7, 11) is 0. The average molecular weight is 182 g/mol. The minimum Gasteiger partial charge on any atom is -0.0654 e. The molecule has 0 aliphatic heterocycles. The summed E-state index contributed by atoms with van der Waals surface area (Å²) in [5, 5.41) is 0. The van der Waals surface area contributed by atoms with Gasteiger partial charge < -0.3 is 0 Å². The van der Waals surface area contributed by atoms with Gasteiger partial charge >= 0.3 is 0 Å². The second-order valence-electron chi connectivity index (χ2n) is 6.47. The predicted molar refractivity (Wildman–Crippen MR) is 59.8 cm³/mol. The van der Waals surface area contributed by atoms with E-state index >= 15 is 0 Å². The van der Waals surface area contributed by atoms with Gasteiger partial charge in [-0.3, -0.25) is 0 Å². The van der Waals surface area contributed by atoms with Crippen LogP contribution in [0.1, 0.15) is 67.2 Å². The van der Waals surface area contributed by atoms with Gasteiger partial charge in [-0.25, -0.2) is 0 Å². The van der Waals surface area contributed by atoms with Crippen molar-refractivity contribution in [1.82, 2.24) is 0 Å². The van der Waals surface area contributed by atoms with Crippen LogP contribution in [0.3, 0.4) is 0 Å². The van der Waals surface area contributed by atoms with Gasteiger partial charge in [0.05, 0.1) is 0 Å². The van der Waals surface area contributed by atoms with E-state index in [2.05, 4.69) is 41.5 Å². The lowest BCUT2D eigenvalue weighted by Gasteiger charge is -2.64. The van der Waals surface area contributed by atoms with E-state index in [0.29, 0.717) is 16.2 Å². The van der Waals surface area contributed by atoms with Crippen molar-refractivity contribution in [2.45, 2.75) is 67.2 Å². The van der Waals surface area contributed by atoms with Crippen molar-refractivity contribution in [2.24, 2.45) is 16.2 Å². The smallest absolute Gasteiger partial charge is 0.0198 e. The molecule has 0 heteroatoms. The highest BCUT2D eigenvalue weighted by atomic mass is 14.6. The lowest BCUT2D eigenvalue weighted by Crippen LogP contribution is -2.55. The third-order valence-electron chi connectivity index (χ3n) is 4.58. The van der Waals surface area contributed by atoms with E-state index in [1.807, 2.05) is 0 Å². The normalized spacial score (nSPS) is 32.8. The predicted octanol–water partition coefficient (Wildman–Crippen LogP) is 4.64. The Morgan fingerprint density at radius 1 is 1.08 bits per heavy atom. The number of hydrogen-bond acceptors (Lipinski definition) is 0. The summed E-state index contributed by atoms with van der Waals surface area (Å²) in [6.07, 6.45) is 5.60. The summed E-state index contributed by atoms with van der Waals surface area (Å²) in [4.78, 5) is 0. The molecule has 13 heavy (non-hydrogen) atoms. The molecule has 1 aliphatic carbocycles. The highest BCUT2D eigenvalue weighted by molar-refractivity contribution is 5.07. The molecule has 0 bridgehead atoms. The molecule has 0 N–H and O–H groups in total. The Balaban J connectivity index is 2.90. The Hall–Kier alpha value is 0. The Morgan fingerprint density at radius 2 is 1.62 bits per heavy atom. The quantitative estimate of drug-likeness (QED) is 0.583. The molecule has 0 aromatic rings. The molecule has 1 aliphatic rings. The summed E-state index contributed by atoms with van der Waals surface area (Å²) >= 11 is 0. The Labute approximate surface area is 84.1 Å². The largest absolute Gasteiger partial charge is 0.0654 e. The van der Waals surface area contributed by atoms with Crippen molar-refractivity contribution in [3.63, 3.8) is 0 Å². The standard InChI is InChI=1S/C13H26/c1-7-8-13(11(2,3)4)10-9-12(13,5)6/h7-10H2,1-6H3. The first-order valence-electron chi connectivity index (χ1n) is 5.77. The molecule has 0 radical (unpaired) electrons. The van der Waals surface area contributed by atoms with Gasteiger partial charge in [0.25, 0.3) is 0 Å². The second kappa shape index (κ2) is 3.00. The zero-order valence-electron chi connectivity index (χ0n) is 10.3. The summed E-state index contributed by atoms with van der Waals surface area (Å²) in [5.74, 6) is 0. The molecule has 1 fully saturated rings. The van der Waals surface area contributed by atoms with Crippen molar-refractivity contribution in [3.05, 3.63) is 0 Å². The SMILES string of the molecule is CCCC1(C(C)(C)C)CCC1(C)C. The van der Waals surface area contributed by atoms with E-state index < -0.39 is 0 Å². The monoisotopic (exact) mass is 182 g/mol. The summed E-state index contributed by atoms with van der Waals surface area (Å²) in [6, 6.07) is 0. The van der Waals surface area contributed by atoms with Gasteiger partial charge in [-0.1, -0.05) is 48.0 Å². The van der Waals surface area contributed by atoms with Gasteiger partial charge in [-0.15, -0.1) is 0 Å². The van der Waals surface area contributed by atoms with Crippen molar-refractivity contribution in [1.29, 1.82) is 0 Å². The highest BCUT2D eigenvalue weighted by Gasteiger charge is 2.57. The van der Waals surface area contributed by atoms with Crippen LogP contribution < -0.4 is 0 Å². The fourth-order valence-electron chi connectivity index (χ4n) is 3.58. The fourth-order valence-corrected chi connectivity index (χ4v) is 3.58. The minimum atomic E-state index is 0.477. The van der Waals surface area contributed by atoms with Crippen LogP contribution in [0.2, 0.25) is 0 Å². The molecule has 0 nitrogen and oxygen atoms in total. The zero-order valence-corrected chi connectivity index (χ0v) is 10.3. The molecule has 0 saturated heterocycles. The Kier molecular flexibility index (Phi) is 2.56. The van der Waals surface area contributed by atoms with E-state index in [0.717, 1.165) is 0 Å². The molecule has 1 unspecified atom stereocenters. The third kappa shape index (κ3) is 1.43. The van der Waals surface area contributed by atoms with Gasteiger partial charge in [0.15, 0.2) is 0 Å². The topological polar surface area (TPSA) is 0 Å². The van der Waals surface area contributed by atoms with E-state index in [4.69, 9.17) is 0 Å². The minimum absolute atomic E-state index is 0.477. The van der Waals surface area contributed by atoms with Crippen LogP contribution in [0, 0.1) is 16.2 Å². The van der Waals surface area contributed by atoms with Gasteiger partial charge in [0.1, 0.15) is 0 Å². The maximum Gasteiger partial charge on any atom is -0.0198 e. The molecule has 78 valence electrons. The number of hydrogen-bond donors (Lipinski definition) is 0. The van der Waals surface area contributed by atoms with Gasteiger partial charge in [-0.05, 0) is 35.5 Å². The molecule has 1 saturated carbocycles. The molecule has 0 spiro atoms. The van der Waals surface area contributed by atoms with Gasteiger partial charge in [0, 0.05) is 0 Å². The third-order valence-corrected chi connectivity index (χ3v) is 4.58. The van der Waals surface area contributed by atoms with Crippen LogP contribution in [0.25, 0.3) is 0 Å². The first-order chi connectivity index (χ1) is 5.77. The Bertz CT molecular complexity index is 171. The first kappa shape index (κ1) is 11.1. The van der Waals surface area contributed by atoms with Crippen molar-refractivity contribution in [3.8, 4) is 0 Å². The van der Waals surface area contributed by atoms with E-state index in [9.17, 15) is 0 Å². The summed E-state index contributed by atoms with van der Waals surface area (Å²) in [5.41, 5.74) is 1.65. The maximum atomic E-state index is 2.46. The zero-order chi connectivity index (χ0) is 10.3. The highest BCUT2D eigenvalue weighted by Crippen LogP contribution is 2.67. The van der Waals surface area contributed by atoms with Crippen LogP contribution in [0.15, 0.2) is 0 Å². The molecule has 0 aromatic heterocycles. The van der Waals surface area contributed by atoms with E-state index in [1.54, 1.807) is 0 Å². The van der Waals surface area contributed by atoms with Gasteiger partial charge in [-0.2, -0.15) is 0 Å². The summed E-state index contributed by atoms with van der Waals surface area (Å²) < 4.78 is 0. The van der Waals surface area contributed by atoms with Crippen molar-refractivity contribution in [2.75, 3.05) is 0 Å². The second-order valence-corrected chi connectivity index (χ2v) is 6.47. The molecular weight excluding hydrogens is 156 g/mol. The Morgan fingerprint density at radius 3 is 1.69 bits per heavy atom. The summed E-state index contributed by atoms with van der Waals surface area (Å²) in [6.45, 7) is 14.5. The lowest BCUT2D eigenvalue weighted by molar-refractivity contribution is -0.141. The molecule has 1 rings (SSSR count). The van der Waals surface area contributed by atoms with Crippen LogP contribution >= 0.6 is 0 Å². The lowest BCUT2D eigenvalue weighted by atomic mass is 9.41. The van der Waals surface area contributed by atoms with Crippen LogP contribution in [-0.2, 0) is 0 Å². The molecule has 1 atom stereocenters.